The van der Waals surface area contributed by atoms with Crippen LogP contribution in [0.3, 0.4) is 0 Å². The van der Waals surface area contributed by atoms with Crippen molar-refractivity contribution in [3.8, 4) is 0 Å². The summed E-state index contributed by atoms with van der Waals surface area (Å²) in [6.45, 7) is 2.12. The number of hydrogen-bond acceptors (Lipinski definition) is 2. The van der Waals surface area contributed by atoms with Gasteiger partial charge in [0.1, 0.15) is 0 Å². The molecule has 1 N–H and O–H groups in total. The maximum atomic E-state index is 4.44. The first-order valence-corrected chi connectivity index (χ1v) is 6.72. The number of hydrogen-bond donors (Lipinski definition) is 2. The zero-order valence-corrected chi connectivity index (χ0v) is 11.6. The third-order valence-electron chi connectivity index (χ3n) is 3.21. The fourth-order valence-corrected chi connectivity index (χ4v) is 2.64. The predicted octanol–water partition coefficient (Wildman–Crippen LogP) is 5.18. The molecule has 0 spiro atoms. The Morgan fingerprint density at radius 2 is 1.63 bits per heavy atom. The highest BCUT2D eigenvalue weighted by atomic mass is 32.1. The molecule has 3 rings (SSSR count). The predicted molar refractivity (Wildman–Crippen MR) is 85.7 cm³/mol. The van der Waals surface area contributed by atoms with Gasteiger partial charge in [-0.25, -0.2) is 0 Å². The van der Waals surface area contributed by atoms with Crippen LogP contribution in [-0.2, 0) is 0 Å². The first-order valence-electron chi connectivity index (χ1n) is 6.28. The Hall–Kier alpha value is -1.93. The van der Waals surface area contributed by atoms with E-state index >= 15 is 0 Å². The van der Waals surface area contributed by atoms with Crippen LogP contribution < -0.4 is 5.32 Å². The van der Waals surface area contributed by atoms with Gasteiger partial charge < -0.3 is 5.32 Å². The van der Waals surface area contributed by atoms with Crippen molar-refractivity contribution in [3.63, 3.8) is 0 Å². The molecule has 0 radical (unpaired) electrons. The number of thiol groups is 1. The summed E-state index contributed by atoms with van der Waals surface area (Å²) in [4.78, 5) is 1.00. The summed E-state index contributed by atoms with van der Waals surface area (Å²) in [5.41, 5.74) is 3.45. The van der Waals surface area contributed by atoms with Gasteiger partial charge in [0.25, 0.3) is 0 Å². The highest BCUT2D eigenvalue weighted by Gasteiger charge is 2.01. The lowest BCUT2D eigenvalue weighted by molar-refractivity contribution is 1.42. The lowest BCUT2D eigenvalue weighted by atomic mass is 10.0. The Bertz CT molecular complexity index is 720. The van der Waals surface area contributed by atoms with E-state index < -0.39 is 0 Å². The minimum absolute atomic E-state index is 1.00. The smallest absolute Gasteiger partial charge is 0.0390 e. The summed E-state index contributed by atoms with van der Waals surface area (Å²) in [6.07, 6.45) is 0. The summed E-state index contributed by atoms with van der Waals surface area (Å²) in [7, 11) is 0. The van der Waals surface area contributed by atoms with Crippen molar-refractivity contribution in [2.75, 3.05) is 5.32 Å². The molecule has 0 atom stereocenters. The fourth-order valence-electron chi connectivity index (χ4n) is 2.31. The van der Waals surface area contributed by atoms with Crippen LogP contribution in [0.2, 0.25) is 0 Å². The van der Waals surface area contributed by atoms with Crippen molar-refractivity contribution in [2.24, 2.45) is 0 Å². The van der Waals surface area contributed by atoms with E-state index in [1.807, 2.05) is 18.2 Å². The highest BCUT2D eigenvalue weighted by molar-refractivity contribution is 7.80. The van der Waals surface area contributed by atoms with Gasteiger partial charge in [-0.3, -0.25) is 0 Å². The number of para-hydroxylation sites is 1. The van der Waals surface area contributed by atoms with Crippen LogP contribution in [-0.4, -0.2) is 0 Å². The van der Waals surface area contributed by atoms with Crippen LogP contribution >= 0.6 is 12.6 Å². The van der Waals surface area contributed by atoms with Gasteiger partial charge in [0.2, 0.25) is 0 Å². The largest absolute Gasteiger partial charge is 0.356 e. The van der Waals surface area contributed by atoms with E-state index in [2.05, 4.69) is 67.3 Å². The molecule has 0 aromatic heterocycles. The third kappa shape index (κ3) is 2.59. The molecule has 0 bridgehead atoms. The molecule has 0 aliphatic heterocycles. The van der Waals surface area contributed by atoms with Gasteiger partial charge in [-0.2, -0.15) is 0 Å². The van der Waals surface area contributed by atoms with Crippen molar-refractivity contribution in [1.29, 1.82) is 0 Å². The van der Waals surface area contributed by atoms with E-state index in [-0.39, 0.29) is 0 Å². The first kappa shape index (κ1) is 12.1. The number of aryl methyl sites for hydroxylation is 1. The molecule has 0 amide bonds. The van der Waals surface area contributed by atoms with Gasteiger partial charge >= 0.3 is 0 Å². The lowest BCUT2D eigenvalue weighted by Gasteiger charge is -2.09. The quantitative estimate of drug-likeness (QED) is 0.608. The van der Waals surface area contributed by atoms with Crippen LogP contribution in [0.15, 0.2) is 65.6 Å². The molecule has 0 heterocycles. The normalized spacial score (nSPS) is 10.6. The molecular weight excluding hydrogens is 250 g/mol. The maximum absolute atomic E-state index is 4.44. The van der Waals surface area contributed by atoms with E-state index in [4.69, 9.17) is 0 Å². The molecule has 0 aliphatic rings. The van der Waals surface area contributed by atoms with Gasteiger partial charge in [0.15, 0.2) is 0 Å². The van der Waals surface area contributed by atoms with Crippen molar-refractivity contribution in [2.45, 2.75) is 11.8 Å². The average molecular weight is 265 g/mol. The number of anilines is 2. The van der Waals surface area contributed by atoms with Gasteiger partial charge in [0, 0.05) is 16.3 Å². The van der Waals surface area contributed by atoms with Crippen LogP contribution in [0.5, 0.6) is 0 Å². The topological polar surface area (TPSA) is 12.0 Å². The molecule has 0 saturated carbocycles. The van der Waals surface area contributed by atoms with Crippen molar-refractivity contribution in [1.82, 2.24) is 0 Å². The maximum Gasteiger partial charge on any atom is 0.0390 e. The van der Waals surface area contributed by atoms with Crippen molar-refractivity contribution >= 4 is 34.8 Å². The molecule has 1 nitrogen and oxygen atoms in total. The zero-order valence-electron chi connectivity index (χ0n) is 10.7. The SMILES string of the molecule is Cc1cc(S)cc2cc(Nc3ccccc3)ccc12. The summed E-state index contributed by atoms with van der Waals surface area (Å²) in [5.74, 6) is 0. The molecular formula is C17H15NS. The summed E-state index contributed by atoms with van der Waals surface area (Å²) in [6, 6.07) is 20.8. The Morgan fingerprint density at radius 3 is 2.42 bits per heavy atom. The average Bonchev–Trinajstić information content (AvgIpc) is 2.39. The second-order valence-electron chi connectivity index (χ2n) is 4.69. The Labute approximate surface area is 118 Å². The molecule has 3 aromatic carbocycles. The highest BCUT2D eigenvalue weighted by Crippen LogP contribution is 2.26. The van der Waals surface area contributed by atoms with Gasteiger partial charge in [0.05, 0.1) is 0 Å². The Balaban J connectivity index is 2.02. The Morgan fingerprint density at radius 1 is 0.842 bits per heavy atom. The molecule has 0 saturated heterocycles. The molecule has 94 valence electrons. The van der Waals surface area contributed by atoms with Crippen molar-refractivity contribution in [3.05, 3.63) is 66.2 Å². The molecule has 0 unspecified atom stereocenters. The summed E-state index contributed by atoms with van der Waals surface area (Å²) < 4.78 is 0. The number of benzene rings is 3. The number of rotatable bonds is 2. The first-order chi connectivity index (χ1) is 9.22. The van der Waals surface area contributed by atoms with Gasteiger partial charge in [-0.15, -0.1) is 12.6 Å². The van der Waals surface area contributed by atoms with E-state index in [1.54, 1.807) is 0 Å². The number of fused-ring (bicyclic) bond motifs is 1. The zero-order chi connectivity index (χ0) is 13.2. The second-order valence-corrected chi connectivity index (χ2v) is 5.21. The summed E-state index contributed by atoms with van der Waals surface area (Å²) in [5, 5.41) is 5.90. The molecule has 0 fully saturated rings. The standard InChI is InChI=1S/C17H15NS/c1-12-9-16(19)11-13-10-15(7-8-17(12)13)18-14-5-3-2-4-6-14/h2-11,18-19H,1H3. The van der Waals surface area contributed by atoms with E-state index in [0.717, 1.165) is 16.3 Å². The molecule has 19 heavy (non-hydrogen) atoms. The molecule has 3 aromatic rings. The van der Waals surface area contributed by atoms with Crippen LogP contribution in [0.25, 0.3) is 10.8 Å². The van der Waals surface area contributed by atoms with E-state index in [1.165, 1.54) is 16.3 Å². The van der Waals surface area contributed by atoms with Crippen molar-refractivity contribution < 1.29 is 0 Å². The van der Waals surface area contributed by atoms with Crippen LogP contribution in [0, 0.1) is 6.92 Å². The number of nitrogens with one attached hydrogen (secondary N) is 1. The van der Waals surface area contributed by atoms with Crippen LogP contribution in [0.4, 0.5) is 11.4 Å². The third-order valence-corrected chi connectivity index (χ3v) is 3.46. The van der Waals surface area contributed by atoms with E-state index in [0.29, 0.717) is 0 Å². The minimum Gasteiger partial charge on any atom is -0.356 e. The Kier molecular flexibility index (Phi) is 3.18. The molecule has 0 aliphatic carbocycles. The van der Waals surface area contributed by atoms with Gasteiger partial charge in [-0.1, -0.05) is 24.3 Å². The van der Waals surface area contributed by atoms with Gasteiger partial charge in [-0.05, 0) is 59.7 Å². The summed E-state index contributed by atoms with van der Waals surface area (Å²) >= 11 is 4.44. The lowest BCUT2D eigenvalue weighted by Crippen LogP contribution is -1.90. The monoisotopic (exact) mass is 265 g/mol. The fraction of sp³-hybridized carbons (Fsp3) is 0.0588. The van der Waals surface area contributed by atoms with Crippen LogP contribution in [0.1, 0.15) is 5.56 Å². The minimum atomic E-state index is 1.00. The van der Waals surface area contributed by atoms with E-state index in [9.17, 15) is 0 Å². The molecule has 2 heteroatoms. The second kappa shape index (κ2) is 4.98.